The Morgan fingerprint density at radius 2 is 1.97 bits per heavy atom. The minimum Gasteiger partial charge on any atom is -0.507 e. The number of ether oxygens (including phenoxy) is 1. The number of hydrogen-bond acceptors (Lipinski definition) is 5. The molecule has 1 unspecified atom stereocenters. The first-order chi connectivity index (χ1) is 15.3. The van der Waals surface area contributed by atoms with Crippen LogP contribution in [0.4, 0.5) is 0 Å². The number of methoxy groups -OCH3 is 1. The van der Waals surface area contributed by atoms with E-state index in [1.807, 2.05) is 43.3 Å². The number of aliphatic hydroxyl groups excluding tert-OH is 1. The Morgan fingerprint density at radius 1 is 1.22 bits per heavy atom. The Kier molecular flexibility index (Phi) is 5.95. The molecule has 1 atom stereocenters. The van der Waals surface area contributed by atoms with Crippen molar-refractivity contribution >= 4 is 40.0 Å². The number of para-hydroxylation sites is 1. The van der Waals surface area contributed by atoms with Crippen molar-refractivity contribution in [1.82, 2.24) is 14.8 Å². The summed E-state index contributed by atoms with van der Waals surface area (Å²) in [6.45, 7) is 0.906. The van der Waals surface area contributed by atoms with Crippen molar-refractivity contribution in [2.45, 2.75) is 6.04 Å². The first-order valence-electron chi connectivity index (χ1n) is 10.2. The molecule has 166 valence electrons. The van der Waals surface area contributed by atoms with Gasteiger partial charge in [-0.3, -0.25) is 9.59 Å². The summed E-state index contributed by atoms with van der Waals surface area (Å²) in [4.78, 5) is 32.9. The zero-order chi connectivity index (χ0) is 23.0. The number of nitrogens with zero attached hydrogens (tertiary/aromatic N) is 2. The molecule has 1 saturated heterocycles. The lowest BCUT2D eigenvalue weighted by atomic mass is 9.95. The molecule has 1 aliphatic heterocycles. The van der Waals surface area contributed by atoms with E-state index >= 15 is 0 Å². The lowest BCUT2D eigenvalue weighted by Gasteiger charge is -2.26. The zero-order valence-electron chi connectivity index (χ0n) is 18.1. The maximum absolute atomic E-state index is 13.1. The molecule has 7 nitrogen and oxygen atoms in total. The summed E-state index contributed by atoms with van der Waals surface area (Å²) >= 11 is 6.12. The molecule has 1 aromatic heterocycles. The number of aliphatic hydroxyl groups is 1. The van der Waals surface area contributed by atoms with E-state index in [0.29, 0.717) is 29.4 Å². The number of fused-ring (bicyclic) bond motifs is 1. The van der Waals surface area contributed by atoms with E-state index in [4.69, 9.17) is 16.3 Å². The number of halogens is 1. The maximum Gasteiger partial charge on any atom is 0.295 e. The molecule has 2 aromatic carbocycles. The van der Waals surface area contributed by atoms with E-state index in [1.54, 1.807) is 24.4 Å². The number of aromatic nitrogens is 1. The van der Waals surface area contributed by atoms with Gasteiger partial charge in [0.25, 0.3) is 11.7 Å². The van der Waals surface area contributed by atoms with Crippen molar-refractivity contribution in [3.63, 3.8) is 0 Å². The predicted molar refractivity (Wildman–Crippen MR) is 124 cm³/mol. The van der Waals surface area contributed by atoms with Gasteiger partial charge in [-0.25, -0.2) is 0 Å². The van der Waals surface area contributed by atoms with Gasteiger partial charge in [0.05, 0.1) is 23.7 Å². The molecular formula is C24H24ClN3O4. The number of carbonyl (C=O) groups is 2. The van der Waals surface area contributed by atoms with Crippen LogP contribution < -0.4 is 4.74 Å². The van der Waals surface area contributed by atoms with Crippen LogP contribution in [0.15, 0.2) is 54.2 Å². The topological polar surface area (TPSA) is 85.9 Å². The second-order valence-electron chi connectivity index (χ2n) is 7.93. The highest BCUT2D eigenvalue weighted by atomic mass is 35.5. The molecule has 0 aliphatic carbocycles. The summed E-state index contributed by atoms with van der Waals surface area (Å²) in [5.74, 6) is -1.25. The number of Topliss-reactive ketones (excluding diaryl/α,β-unsaturated/α-hetero) is 1. The molecule has 3 aromatic rings. The summed E-state index contributed by atoms with van der Waals surface area (Å²) in [6.07, 6.45) is 1.79. The van der Waals surface area contributed by atoms with Crippen LogP contribution in [0.1, 0.15) is 17.2 Å². The van der Waals surface area contributed by atoms with E-state index in [0.717, 1.165) is 16.5 Å². The molecule has 2 N–H and O–H groups in total. The largest absolute Gasteiger partial charge is 0.507 e. The molecule has 2 heterocycles. The first-order valence-corrected chi connectivity index (χ1v) is 10.5. The number of benzene rings is 2. The number of amides is 1. The van der Waals surface area contributed by atoms with Gasteiger partial charge in [-0.15, -0.1) is 0 Å². The van der Waals surface area contributed by atoms with Crippen LogP contribution in [0.3, 0.4) is 0 Å². The van der Waals surface area contributed by atoms with E-state index in [-0.39, 0.29) is 11.3 Å². The Hall–Kier alpha value is -3.29. The highest BCUT2D eigenvalue weighted by Gasteiger charge is 2.46. The van der Waals surface area contributed by atoms with Gasteiger partial charge < -0.3 is 24.6 Å². The quantitative estimate of drug-likeness (QED) is 0.337. The highest BCUT2D eigenvalue weighted by molar-refractivity contribution is 6.46. The summed E-state index contributed by atoms with van der Waals surface area (Å²) in [6, 6.07) is 11.7. The minimum atomic E-state index is -0.729. The average Bonchev–Trinajstić information content (AvgIpc) is 3.31. The molecule has 1 fully saturated rings. The van der Waals surface area contributed by atoms with Gasteiger partial charge in [0.15, 0.2) is 0 Å². The molecule has 0 bridgehead atoms. The second-order valence-corrected chi connectivity index (χ2v) is 8.34. The van der Waals surface area contributed by atoms with E-state index in [2.05, 4.69) is 4.98 Å². The van der Waals surface area contributed by atoms with Gasteiger partial charge in [-0.1, -0.05) is 29.8 Å². The van der Waals surface area contributed by atoms with E-state index < -0.39 is 17.7 Å². The lowest BCUT2D eigenvalue weighted by molar-refractivity contribution is -0.140. The van der Waals surface area contributed by atoms with Gasteiger partial charge in [0.2, 0.25) is 0 Å². The van der Waals surface area contributed by atoms with Crippen LogP contribution in [-0.4, -0.2) is 65.9 Å². The Balaban J connectivity index is 1.91. The number of hydrogen-bond donors (Lipinski definition) is 2. The molecule has 1 amide bonds. The third kappa shape index (κ3) is 3.74. The van der Waals surface area contributed by atoms with Gasteiger partial charge in [-0.2, -0.15) is 0 Å². The Morgan fingerprint density at radius 3 is 2.69 bits per heavy atom. The molecule has 1 aliphatic rings. The fourth-order valence-electron chi connectivity index (χ4n) is 4.02. The maximum atomic E-state index is 13.1. The molecule has 32 heavy (non-hydrogen) atoms. The average molecular weight is 454 g/mol. The molecule has 4 rings (SSSR count). The summed E-state index contributed by atoms with van der Waals surface area (Å²) in [7, 11) is 5.27. The number of likely N-dealkylation sites (tertiary alicyclic amines) is 1. The fourth-order valence-corrected chi connectivity index (χ4v) is 4.22. The van der Waals surface area contributed by atoms with Crippen molar-refractivity contribution in [2.24, 2.45) is 0 Å². The molecule has 0 radical (unpaired) electrons. The number of nitrogens with one attached hydrogen (secondary N) is 1. The highest BCUT2D eigenvalue weighted by Crippen LogP contribution is 2.42. The third-order valence-corrected chi connectivity index (χ3v) is 5.98. The minimum absolute atomic E-state index is 0.0443. The number of carbonyl (C=O) groups excluding carboxylic acids is 2. The van der Waals surface area contributed by atoms with Gasteiger partial charge in [0, 0.05) is 41.3 Å². The predicted octanol–water partition coefficient (Wildman–Crippen LogP) is 3.81. The third-order valence-electron chi connectivity index (χ3n) is 5.67. The molecule has 8 heteroatoms. The lowest BCUT2D eigenvalue weighted by Crippen LogP contribution is -2.35. The normalized spacial score (nSPS) is 18.2. The van der Waals surface area contributed by atoms with Crippen LogP contribution in [0, 0.1) is 0 Å². The van der Waals surface area contributed by atoms with Crippen molar-refractivity contribution in [1.29, 1.82) is 0 Å². The molecule has 0 saturated carbocycles. The first kappa shape index (κ1) is 21.9. The smallest absolute Gasteiger partial charge is 0.295 e. The van der Waals surface area contributed by atoms with Crippen LogP contribution >= 0.6 is 11.6 Å². The fraction of sp³-hybridized carbons (Fsp3) is 0.250. The van der Waals surface area contributed by atoms with Crippen molar-refractivity contribution in [3.05, 3.63) is 70.4 Å². The van der Waals surface area contributed by atoms with Crippen molar-refractivity contribution < 1.29 is 19.4 Å². The Labute approximate surface area is 190 Å². The van der Waals surface area contributed by atoms with Crippen LogP contribution in [-0.2, 0) is 9.59 Å². The molecular weight excluding hydrogens is 430 g/mol. The summed E-state index contributed by atoms with van der Waals surface area (Å²) in [5, 5.41) is 12.5. The van der Waals surface area contributed by atoms with Crippen LogP contribution in [0.25, 0.3) is 16.7 Å². The van der Waals surface area contributed by atoms with Crippen LogP contribution in [0.5, 0.6) is 5.75 Å². The van der Waals surface area contributed by atoms with E-state index in [9.17, 15) is 14.7 Å². The van der Waals surface area contributed by atoms with E-state index in [1.165, 1.54) is 12.0 Å². The van der Waals surface area contributed by atoms with Crippen molar-refractivity contribution in [3.8, 4) is 5.75 Å². The number of rotatable bonds is 6. The number of H-pyrrole nitrogens is 1. The van der Waals surface area contributed by atoms with Gasteiger partial charge in [0.1, 0.15) is 11.5 Å². The second kappa shape index (κ2) is 8.68. The number of aromatic amines is 1. The zero-order valence-corrected chi connectivity index (χ0v) is 18.8. The molecule has 0 spiro atoms. The van der Waals surface area contributed by atoms with Gasteiger partial charge >= 0.3 is 0 Å². The number of ketones is 1. The van der Waals surface area contributed by atoms with Crippen molar-refractivity contribution in [2.75, 3.05) is 34.3 Å². The monoisotopic (exact) mass is 453 g/mol. The Bertz CT molecular complexity index is 1230. The number of likely N-dealkylation sites (N-methyl/N-ethyl adjacent to an activating group) is 1. The van der Waals surface area contributed by atoms with Gasteiger partial charge in [-0.05, 0) is 38.4 Å². The SMILES string of the molecule is COc1cc(/C(O)=C2\C(=O)C(=O)N(CCN(C)C)C2c2c[nH]c3ccccc23)ccc1Cl. The standard InChI is InChI=1S/C24H24ClN3O4/c1-27(2)10-11-28-21(16-13-26-18-7-5-4-6-15(16)18)20(23(30)24(28)31)22(29)14-8-9-17(25)19(12-14)32-3/h4-9,12-13,21,26,29H,10-11H2,1-3H3/b22-20+. The summed E-state index contributed by atoms with van der Waals surface area (Å²) in [5.41, 5.74) is 2.03. The summed E-state index contributed by atoms with van der Waals surface area (Å²) < 4.78 is 5.25. The van der Waals surface area contributed by atoms with Crippen LogP contribution in [0.2, 0.25) is 5.02 Å².